The molecule has 2 nitrogen and oxygen atoms in total. The summed E-state index contributed by atoms with van der Waals surface area (Å²) >= 11 is 1.75. The van der Waals surface area contributed by atoms with Gasteiger partial charge in [0.05, 0.1) is 0 Å². The lowest BCUT2D eigenvalue weighted by atomic mass is 10.0. The van der Waals surface area contributed by atoms with E-state index >= 15 is 0 Å². The second-order valence-corrected chi connectivity index (χ2v) is 3.91. The fraction of sp³-hybridized carbons (Fsp3) is 0.200. The fourth-order valence-electron chi connectivity index (χ4n) is 1.45. The van der Waals surface area contributed by atoms with Gasteiger partial charge in [-0.3, -0.25) is 0 Å². The van der Waals surface area contributed by atoms with Crippen LogP contribution in [0.3, 0.4) is 0 Å². The minimum atomic E-state index is 0.329. The highest BCUT2D eigenvalue weighted by molar-refractivity contribution is 7.10. The van der Waals surface area contributed by atoms with Crippen LogP contribution in [-0.4, -0.2) is 11.5 Å². The van der Waals surface area contributed by atoms with Gasteiger partial charge in [0.2, 0.25) is 0 Å². The summed E-state index contributed by atoms with van der Waals surface area (Å²) in [5.41, 5.74) is 6.94. The zero-order valence-electron chi connectivity index (χ0n) is 7.23. The van der Waals surface area contributed by atoms with Crippen molar-refractivity contribution in [3.05, 3.63) is 46.4 Å². The highest BCUT2D eigenvalue weighted by Gasteiger charge is 2.13. The van der Waals surface area contributed by atoms with Crippen molar-refractivity contribution in [2.24, 2.45) is 5.73 Å². The second kappa shape index (κ2) is 3.77. The summed E-state index contributed by atoms with van der Waals surface area (Å²) in [6.07, 6.45) is 1.94. The summed E-state index contributed by atoms with van der Waals surface area (Å²) in [5.74, 6) is 0.329. The normalized spacial score (nSPS) is 13.0. The predicted molar refractivity (Wildman–Crippen MR) is 56.0 cm³/mol. The molecule has 1 atom stereocenters. The lowest BCUT2D eigenvalue weighted by molar-refractivity contribution is 0.810. The van der Waals surface area contributed by atoms with Gasteiger partial charge in [-0.25, -0.2) is 0 Å². The SMILES string of the molecule is NCC(c1ccc[nH]1)c1cccs1. The molecule has 0 amide bonds. The van der Waals surface area contributed by atoms with Gasteiger partial charge in [0.1, 0.15) is 0 Å². The third-order valence-corrected chi connectivity index (χ3v) is 3.11. The molecular weight excluding hydrogens is 180 g/mol. The van der Waals surface area contributed by atoms with E-state index < -0.39 is 0 Å². The zero-order valence-corrected chi connectivity index (χ0v) is 8.05. The first-order valence-corrected chi connectivity index (χ1v) is 5.16. The number of hydrogen-bond acceptors (Lipinski definition) is 2. The summed E-state index contributed by atoms with van der Waals surface area (Å²) < 4.78 is 0. The van der Waals surface area contributed by atoms with E-state index in [1.165, 1.54) is 10.6 Å². The maximum atomic E-state index is 5.74. The molecule has 0 saturated carbocycles. The van der Waals surface area contributed by atoms with Crippen LogP contribution in [0.15, 0.2) is 35.8 Å². The van der Waals surface area contributed by atoms with Gasteiger partial charge in [-0.1, -0.05) is 6.07 Å². The predicted octanol–water partition coefficient (Wildman–Crippen LogP) is 2.17. The highest BCUT2D eigenvalue weighted by Crippen LogP contribution is 2.25. The van der Waals surface area contributed by atoms with E-state index in [9.17, 15) is 0 Å². The molecule has 0 fully saturated rings. The van der Waals surface area contributed by atoms with Gasteiger partial charge >= 0.3 is 0 Å². The molecule has 0 aliphatic carbocycles. The molecule has 3 heteroatoms. The van der Waals surface area contributed by atoms with E-state index in [4.69, 9.17) is 5.73 Å². The summed E-state index contributed by atoms with van der Waals surface area (Å²) in [6, 6.07) is 8.28. The van der Waals surface area contributed by atoms with Crippen molar-refractivity contribution >= 4 is 11.3 Å². The molecule has 3 N–H and O–H groups in total. The standard InChI is InChI=1S/C10H12N2S/c11-7-8(9-3-1-5-12-9)10-4-2-6-13-10/h1-6,8,12H,7,11H2. The van der Waals surface area contributed by atoms with E-state index in [1.54, 1.807) is 11.3 Å². The first kappa shape index (κ1) is 8.53. The van der Waals surface area contributed by atoms with E-state index in [0.717, 1.165) is 0 Å². The number of aromatic nitrogens is 1. The van der Waals surface area contributed by atoms with Crippen LogP contribution >= 0.6 is 11.3 Å². The second-order valence-electron chi connectivity index (χ2n) is 2.93. The van der Waals surface area contributed by atoms with E-state index in [-0.39, 0.29) is 0 Å². The molecule has 0 aliphatic rings. The minimum Gasteiger partial charge on any atom is -0.364 e. The van der Waals surface area contributed by atoms with Gasteiger partial charge in [-0.05, 0) is 23.6 Å². The van der Waals surface area contributed by atoms with Crippen LogP contribution in [0.5, 0.6) is 0 Å². The topological polar surface area (TPSA) is 41.8 Å². The van der Waals surface area contributed by atoms with Crippen LogP contribution < -0.4 is 5.73 Å². The smallest absolute Gasteiger partial charge is 0.0457 e. The maximum absolute atomic E-state index is 5.74. The lowest BCUT2D eigenvalue weighted by Crippen LogP contribution is -2.12. The van der Waals surface area contributed by atoms with Crippen molar-refractivity contribution in [2.75, 3.05) is 6.54 Å². The van der Waals surface area contributed by atoms with Crippen molar-refractivity contribution in [1.29, 1.82) is 0 Å². The molecule has 68 valence electrons. The average molecular weight is 192 g/mol. The maximum Gasteiger partial charge on any atom is 0.0457 e. The number of rotatable bonds is 3. The Kier molecular flexibility index (Phi) is 2.47. The molecule has 0 aliphatic heterocycles. The highest BCUT2D eigenvalue weighted by atomic mass is 32.1. The molecule has 0 saturated heterocycles. The number of H-pyrrole nitrogens is 1. The Balaban J connectivity index is 2.29. The van der Waals surface area contributed by atoms with Crippen molar-refractivity contribution in [1.82, 2.24) is 4.98 Å². The monoisotopic (exact) mass is 192 g/mol. The molecule has 2 heterocycles. The molecule has 0 aromatic carbocycles. The number of aromatic amines is 1. The van der Waals surface area contributed by atoms with Crippen LogP contribution in [0.1, 0.15) is 16.5 Å². The van der Waals surface area contributed by atoms with Crippen molar-refractivity contribution in [2.45, 2.75) is 5.92 Å². The molecule has 1 unspecified atom stereocenters. The van der Waals surface area contributed by atoms with Crippen LogP contribution in [0.2, 0.25) is 0 Å². The Morgan fingerprint density at radius 1 is 1.38 bits per heavy atom. The van der Waals surface area contributed by atoms with Crippen molar-refractivity contribution < 1.29 is 0 Å². The molecule has 0 radical (unpaired) electrons. The summed E-state index contributed by atoms with van der Waals surface area (Å²) in [4.78, 5) is 4.53. The van der Waals surface area contributed by atoms with Crippen LogP contribution in [0.4, 0.5) is 0 Å². The number of thiophene rings is 1. The van der Waals surface area contributed by atoms with Gasteiger partial charge in [0.15, 0.2) is 0 Å². The van der Waals surface area contributed by atoms with Crippen LogP contribution in [0, 0.1) is 0 Å². The summed E-state index contributed by atoms with van der Waals surface area (Å²) in [7, 11) is 0. The molecular formula is C10H12N2S. The first-order valence-electron chi connectivity index (χ1n) is 4.28. The fourth-order valence-corrected chi connectivity index (χ4v) is 2.31. The molecule has 13 heavy (non-hydrogen) atoms. The van der Waals surface area contributed by atoms with E-state index in [0.29, 0.717) is 12.5 Å². The Labute approximate surface area is 81.4 Å². The van der Waals surface area contributed by atoms with Gasteiger partial charge < -0.3 is 10.7 Å². The van der Waals surface area contributed by atoms with E-state index in [1.807, 2.05) is 12.3 Å². The third kappa shape index (κ3) is 1.66. The Bertz CT molecular complexity index is 303. The number of nitrogens with one attached hydrogen (secondary N) is 1. The first-order chi connectivity index (χ1) is 6.42. The quantitative estimate of drug-likeness (QED) is 0.769. The molecule has 2 aromatic heterocycles. The average Bonchev–Trinajstić information content (AvgIpc) is 2.76. The van der Waals surface area contributed by atoms with Crippen molar-refractivity contribution in [3.63, 3.8) is 0 Å². The third-order valence-electron chi connectivity index (χ3n) is 2.12. The zero-order chi connectivity index (χ0) is 9.10. The molecule has 0 spiro atoms. The van der Waals surface area contributed by atoms with E-state index in [2.05, 4.69) is 28.6 Å². The minimum absolute atomic E-state index is 0.329. The van der Waals surface area contributed by atoms with Crippen LogP contribution in [-0.2, 0) is 0 Å². The Hall–Kier alpha value is -1.06. The molecule has 0 bridgehead atoms. The van der Waals surface area contributed by atoms with Gasteiger partial charge in [0, 0.05) is 29.2 Å². The lowest BCUT2D eigenvalue weighted by Gasteiger charge is -2.10. The van der Waals surface area contributed by atoms with Gasteiger partial charge in [-0.2, -0.15) is 0 Å². The Morgan fingerprint density at radius 3 is 2.85 bits per heavy atom. The molecule has 2 rings (SSSR count). The number of nitrogens with two attached hydrogens (primary N) is 1. The Morgan fingerprint density at radius 2 is 2.31 bits per heavy atom. The van der Waals surface area contributed by atoms with Gasteiger partial charge in [0.25, 0.3) is 0 Å². The largest absolute Gasteiger partial charge is 0.364 e. The van der Waals surface area contributed by atoms with Gasteiger partial charge in [-0.15, -0.1) is 11.3 Å². The van der Waals surface area contributed by atoms with Crippen molar-refractivity contribution in [3.8, 4) is 0 Å². The molecule has 2 aromatic rings. The van der Waals surface area contributed by atoms with Crippen LogP contribution in [0.25, 0.3) is 0 Å². The number of hydrogen-bond donors (Lipinski definition) is 2. The summed E-state index contributed by atoms with van der Waals surface area (Å²) in [6.45, 7) is 0.654. The summed E-state index contributed by atoms with van der Waals surface area (Å²) in [5, 5.41) is 2.08.